The van der Waals surface area contributed by atoms with Gasteiger partial charge in [-0.25, -0.2) is 0 Å². The summed E-state index contributed by atoms with van der Waals surface area (Å²) in [7, 11) is 3.27. The highest BCUT2D eigenvalue weighted by Crippen LogP contribution is 2.38. The van der Waals surface area contributed by atoms with Crippen LogP contribution in [0.3, 0.4) is 0 Å². The van der Waals surface area contributed by atoms with Crippen LogP contribution in [0.15, 0.2) is 50.6 Å². The molecule has 1 fully saturated rings. The van der Waals surface area contributed by atoms with E-state index in [4.69, 9.17) is 18.3 Å². The van der Waals surface area contributed by atoms with Gasteiger partial charge in [-0.2, -0.15) is 0 Å². The van der Waals surface area contributed by atoms with Crippen LogP contribution in [0.2, 0.25) is 0 Å². The minimum Gasteiger partial charge on any atom is -0.493 e. The van der Waals surface area contributed by atoms with E-state index in [9.17, 15) is 0 Å². The molecule has 0 radical (unpaired) electrons. The highest BCUT2D eigenvalue weighted by molar-refractivity contribution is 7.98. The van der Waals surface area contributed by atoms with Crippen LogP contribution in [0.4, 0.5) is 0 Å². The van der Waals surface area contributed by atoms with Crippen molar-refractivity contribution in [1.82, 2.24) is 25.0 Å². The van der Waals surface area contributed by atoms with Crippen molar-refractivity contribution in [3.63, 3.8) is 0 Å². The van der Waals surface area contributed by atoms with Crippen molar-refractivity contribution in [2.45, 2.75) is 49.1 Å². The molecule has 0 unspecified atom stereocenters. The van der Waals surface area contributed by atoms with Gasteiger partial charge in [0.1, 0.15) is 0 Å². The number of furan rings is 1. The third-order valence-corrected chi connectivity index (χ3v) is 6.70. The number of methoxy groups -OCH3 is 2. The van der Waals surface area contributed by atoms with Crippen molar-refractivity contribution in [2.75, 3.05) is 14.2 Å². The van der Waals surface area contributed by atoms with Crippen LogP contribution in [-0.2, 0) is 5.75 Å². The first-order valence-electron chi connectivity index (χ1n) is 10.9. The summed E-state index contributed by atoms with van der Waals surface area (Å²) in [5.74, 6) is 4.10. The summed E-state index contributed by atoms with van der Waals surface area (Å²) in [5, 5.41) is 18.2. The van der Waals surface area contributed by atoms with Gasteiger partial charge in [0.05, 0.1) is 26.2 Å². The van der Waals surface area contributed by atoms with Crippen LogP contribution in [0.5, 0.6) is 11.5 Å². The molecule has 172 valence electrons. The van der Waals surface area contributed by atoms with Crippen molar-refractivity contribution in [3.05, 3.63) is 42.5 Å². The summed E-state index contributed by atoms with van der Waals surface area (Å²) in [4.78, 5) is 0. The van der Waals surface area contributed by atoms with Crippen LogP contribution >= 0.6 is 11.8 Å². The maximum atomic E-state index is 5.76. The summed E-state index contributed by atoms with van der Waals surface area (Å²) in [6.45, 7) is 0. The van der Waals surface area contributed by atoms with Gasteiger partial charge < -0.3 is 18.3 Å². The molecule has 9 nitrogen and oxygen atoms in total. The van der Waals surface area contributed by atoms with Gasteiger partial charge in [-0.05, 0) is 43.2 Å². The van der Waals surface area contributed by atoms with Crippen molar-refractivity contribution in [3.8, 4) is 34.5 Å². The van der Waals surface area contributed by atoms with Gasteiger partial charge in [-0.1, -0.05) is 31.0 Å². The predicted octanol–water partition coefficient (Wildman–Crippen LogP) is 5.40. The van der Waals surface area contributed by atoms with E-state index in [1.165, 1.54) is 19.3 Å². The zero-order chi connectivity index (χ0) is 22.6. The fourth-order valence-electron chi connectivity index (χ4n) is 4.15. The van der Waals surface area contributed by atoms with E-state index in [0.717, 1.165) is 29.4 Å². The maximum absolute atomic E-state index is 5.76. The summed E-state index contributed by atoms with van der Waals surface area (Å²) < 4.78 is 24.2. The predicted molar refractivity (Wildman–Crippen MR) is 122 cm³/mol. The number of ether oxygens (including phenoxy) is 2. The molecule has 0 bridgehead atoms. The van der Waals surface area contributed by atoms with Crippen molar-refractivity contribution in [2.24, 2.45) is 0 Å². The van der Waals surface area contributed by atoms with Gasteiger partial charge in [0.15, 0.2) is 28.2 Å². The summed E-state index contributed by atoms with van der Waals surface area (Å²) in [6, 6.07) is 9.77. The molecule has 0 saturated heterocycles. The first-order valence-corrected chi connectivity index (χ1v) is 11.9. The topological polar surface area (TPSA) is 101 Å². The molecule has 1 aromatic carbocycles. The van der Waals surface area contributed by atoms with Crippen LogP contribution in [0, 0.1) is 0 Å². The highest BCUT2D eigenvalue weighted by atomic mass is 32.2. The SMILES string of the molecule is COc1ccc(-c2nnc(SCc3nnc(-c4ccco4)o3)n2C2CCCCC2)cc1OC. The number of aromatic nitrogens is 5. The Hall–Kier alpha value is -3.27. The first-order chi connectivity index (χ1) is 16.3. The van der Waals surface area contributed by atoms with Gasteiger partial charge in [-0.3, -0.25) is 4.57 Å². The van der Waals surface area contributed by atoms with Crippen molar-refractivity contribution < 1.29 is 18.3 Å². The molecule has 0 aliphatic heterocycles. The third-order valence-electron chi connectivity index (χ3n) is 5.77. The summed E-state index contributed by atoms with van der Waals surface area (Å²) in [5.41, 5.74) is 0.940. The minimum absolute atomic E-state index is 0.348. The molecule has 10 heteroatoms. The van der Waals surface area contributed by atoms with Crippen LogP contribution in [-0.4, -0.2) is 39.2 Å². The maximum Gasteiger partial charge on any atom is 0.283 e. The van der Waals surface area contributed by atoms with Gasteiger partial charge in [-0.15, -0.1) is 20.4 Å². The number of nitrogens with zero attached hydrogens (tertiary/aromatic N) is 5. The zero-order valence-electron chi connectivity index (χ0n) is 18.6. The monoisotopic (exact) mass is 467 g/mol. The molecule has 1 aliphatic carbocycles. The molecular formula is C23H25N5O4S. The third kappa shape index (κ3) is 4.47. The molecule has 1 aliphatic rings. The Morgan fingerprint density at radius 2 is 1.85 bits per heavy atom. The van der Waals surface area contributed by atoms with E-state index in [0.29, 0.717) is 40.8 Å². The largest absolute Gasteiger partial charge is 0.493 e. The second-order valence-electron chi connectivity index (χ2n) is 7.80. The van der Waals surface area contributed by atoms with E-state index in [1.807, 2.05) is 18.2 Å². The molecule has 0 amide bonds. The lowest BCUT2D eigenvalue weighted by molar-refractivity contribution is 0.338. The molecule has 3 heterocycles. The Bertz CT molecular complexity index is 1200. The molecule has 1 saturated carbocycles. The summed E-state index contributed by atoms with van der Waals surface area (Å²) >= 11 is 1.54. The fourth-order valence-corrected chi connectivity index (χ4v) is 5.00. The van der Waals surface area contributed by atoms with Gasteiger partial charge in [0.25, 0.3) is 5.89 Å². The molecule has 0 atom stereocenters. The second-order valence-corrected chi connectivity index (χ2v) is 8.75. The number of benzene rings is 1. The molecular weight excluding hydrogens is 442 g/mol. The molecule has 3 aromatic heterocycles. The van der Waals surface area contributed by atoms with Crippen LogP contribution < -0.4 is 9.47 Å². The second kappa shape index (κ2) is 9.70. The van der Waals surface area contributed by atoms with Gasteiger partial charge in [0, 0.05) is 11.6 Å². The Morgan fingerprint density at radius 1 is 1.00 bits per heavy atom. The minimum atomic E-state index is 0.348. The lowest BCUT2D eigenvalue weighted by Crippen LogP contribution is -2.15. The molecule has 0 spiro atoms. The number of rotatable bonds is 8. The fraction of sp³-hybridized carbons (Fsp3) is 0.391. The highest BCUT2D eigenvalue weighted by Gasteiger charge is 2.25. The molecule has 4 aromatic rings. The molecule has 5 rings (SSSR count). The van der Waals surface area contributed by atoms with E-state index in [2.05, 4.69) is 25.0 Å². The van der Waals surface area contributed by atoms with E-state index in [1.54, 1.807) is 44.4 Å². The number of hydrogen-bond donors (Lipinski definition) is 0. The van der Waals surface area contributed by atoms with Gasteiger partial charge in [0.2, 0.25) is 5.89 Å². The van der Waals surface area contributed by atoms with Crippen molar-refractivity contribution >= 4 is 11.8 Å². The van der Waals surface area contributed by atoms with Crippen LogP contribution in [0.25, 0.3) is 23.0 Å². The van der Waals surface area contributed by atoms with Crippen LogP contribution in [0.1, 0.15) is 44.0 Å². The average molecular weight is 468 g/mol. The first kappa shape index (κ1) is 21.6. The number of hydrogen-bond acceptors (Lipinski definition) is 9. The normalized spacial score (nSPS) is 14.5. The standard InChI is InChI=1S/C23H25N5O4S/c1-29-17-11-10-15(13-19(17)30-2)21-25-27-23(28(21)16-7-4-3-5-8-16)33-14-20-24-26-22(32-20)18-9-6-12-31-18/h6,9-13,16H,3-5,7-8,14H2,1-2H3. The quantitative estimate of drug-likeness (QED) is 0.315. The average Bonchev–Trinajstić information content (AvgIpc) is 3.63. The molecule has 33 heavy (non-hydrogen) atoms. The Morgan fingerprint density at radius 3 is 2.61 bits per heavy atom. The smallest absolute Gasteiger partial charge is 0.283 e. The van der Waals surface area contributed by atoms with E-state index >= 15 is 0 Å². The number of thioether (sulfide) groups is 1. The lowest BCUT2D eigenvalue weighted by Gasteiger charge is -2.25. The van der Waals surface area contributed by atoms with Gasteiger partial charge >= 0.3 is 0 Å². The summed E-state index contributed by atoms with van der Waals surface area (Å²) in [6.07, 6.45) is 7.47. The van der Waals surface area contributed by atoms with Crippen molar-refractivity contribution in [1.29, 1.82) is 0 Å². The van der Waals surface area contributed by atoms with E-state index in [-0.39, 0.29) is 0 Å². The Labute approximate surface area is 195 Å². The zero-order valence-corrected chi connectivity index (χ0v) is 19.4. The lowest BCUT2D eigenvalue weighted by atomic mass is 9.95. The Balaban J connectivity index is 1.43. The van der Waals surface area contributed by atoms with E-state index < -0.39 is 0 Å². The Kier molecular flexibility index (Phi) is 6.34. The molecule has 0 N–H and O–H groups in total.